The largest absolute Gasteiger partial charge is 0.480 e. The quantitative estimate of drug-likeness (QED) is 0.570. The smallest absolute Gasteiger partial charge is 0.317 e. The van der Waals surface area contributed by atoms with Crippen LogP contribution in [0.2, 0.25) is 0 Å². The third kappa shape index (κ3) is 0.875. The van der Waals surface area contributed by atoms with Crippen LogP contribution in [0.25, 0.3) is 0 Å². The van der Waals surface area contributed by atoms with Crippen LogP contribution in [0.5, 0.6) is 0 Å². The molecule has 0 bridgehead atoms. The molecule has 0 unspecified atom stereocenters. The van der Waals surface area contributed by atoms with Gasteiger partial charge in [0.25, 0.3) is 0 Å². The van der Waals surface area contributed by atoms with Crippen molar-refractivity contribution in [3.8, 4) is 0 Å². The molecule has 1 rings (SSSR count). The zero-order valence-corrected chi connectivity index (χ0v) is 5.16. The van der Waals surface area contributed by atoms with Crippen molar-refractivity contribution in [1.82, 2.24) is 0 Å². The predicted molar refractivity (Wildman–Crippen MR) is 34.0 cm³/mol. The van der Waals surface area contributed by atoms with Crippen molar-refractivity contribution in [3.63, 3.8) is 0 Å². The molecule has 1 aliphatic rings. The van der Waals surface area contributed by atoms with Gasteiger partial charge >= 0.3 is 5.97 Å². The fourth-order valence-corrected chi connectivity index (χ4v) is 0.709. The van der Waals surface area contributed by atoms with E-state index in [1.165, 1.54) is 0 Å². The molecule has 0 spiro atoms. The van der Waals surface area contributed by atoms with Gasteiger partial charge in [0, 0.05) is 0 Å². The van der Waals surface area contributed by atoms with Crippen LogP contribution in [0.3, 0.4) is 0 Å². The Morgan fingerprint density at radius 2 is 1.89 bits per heavy atom. The molecule has 0 heterocycles. The summed E-state index contributed by atoms with van der Waals surface area (Å²) in [5.74, 6) is -0.799. The highest BCUT2D eigenvalue weighted by Crippen LogP contribution is 2.24. The first-order valence-electron chi connectivity index (χ1n) is 2.76. The Morgan fingerprint density at radius 3 is 2.11 bits per heavy atom. The molecule has 2 nitrogen and oxygen atoms in total. The van der Waals surface area contributed by atoms with Crippen molar-refractivity contribution >= 4 is 5.97 Å². The summed E-state index contributed by atoms with van der Waals surface area (Å²) in [6.45, 7) is 1.66. The lowest BCUT2D eigenvalue weighted by molar-refractivity contribution is -0.142. The van der Waals surface area contributed by atoms with Crippen molar-refractivity contribution in [2.45, 2.75) is 6.92 Å². The normalized spacial score (nSPS) is 20.6. The van der Waals surface area contributed by atoms with Gasteiger partial charge in [0.1, 0.15) is 5.41 Å². The molecule has 0 saturated heterocycles. The molecule has 0 aromatic heterocycles. The van der Waals surface area contributed by atoms with E-state index in [0.717, 1.165) is 0 Å². The van der Waals surface area contributed by atoms with Gasteiger partial charge in [-0.25, -0.2) is 0 Å². The Morgan fingerprint density at radius 1 is 1.44 bits per heavy atom. The zero-order chi connectivity index (χ0) is 6.91. The number of aliphatic carboxylic acids is 1. The Hall–Kier alpha value is -1.05. The van der Waals surface area contributed by atoms with E-state index in [1.54, 1.807) is 31.2 Å². The fraction of sp³-hybridized carbons (Fsp3) is 0.286. The van der Waals surface area contributed by atoms with Crippen LogP contribution in [-0.4, -0.2) is 11.1 Å². The maximum Gasteiger partial charge on any atom is 0.317 e. The van der Waals surface area contributed by atoms with Gasteiger partial charge in [0.2, 0.25) is 0 Å². The van der Waals surface area contributed by atoms with Gasteiger partial charge < -0.3 is 5.11 Å². The lowest BCUT2D eigenvalue weighted by Crippen LogP contribution is -2.20. The topological polar surface area (TPSA) is 37.3 Å². The summed E-state index contributed by atoms with van der Waals surface area (Å²) in [5, 5.41) is 8.57. The minimum absolute atomic E-state index is 0.750. The summed E-state index contributed by atoms with van der Waals surface area (Å²) in [6, 6.07) is 0. The first kappa shape index (κ1) is 6.08. The minimum atomic E-state index is -0.799. The number of allylic oxidation sites excluding steroid dienone is 2. The van der Waals surface area contributed by atoms with Gasteiger partial charge in [0.15, 0.2) is 0 Å². The van der Waals surface area contributed by atoms with E-state index in [1.807, 2.05) is 0 Å². The number of carbonyl (C=O) groups is 1. The first-order valence-corrected chi connectivity index (χ1v) is 2.76. The van der Waals surface area contributed by atoms with E-state index in [9.17, 15) is 4.79 Å². The van der Waals surface area contributed by atoms with E-state index >= 15 is 0 Å². The van der Waals surface area contributed by atoms with E-state index in [0.29, 0.717) is 0 Å². The Balaban J connectivity index is 2.88. The van der Waals surface area contributed by atoms with Gasteiger partial charge in [-0.1, -0.05) is 24.3 Å². The average Bonchev–Trinajstić information content (AvgIpc) is 2.16. The lowest BCUT2D eigenvalue weighted by Gasteiger charge is -2.10. The molecule has 0 aliphatic heterocycles. The number of carboxylic acids is 1. The molecular formula is C7H8O2. The van der Waals surface area contributed by atoms with Gasteiger partial charge in [-0.3, -0.25) is 4.79 Å². The lowest BCUT2D eigenvalue weighted by atomic mass is 9.94. The highest BCUT2D eigenvalue weighted by atomic mass is 16.4. The van der Waals surface area contributed by atoms with Crippen molar-refractivity contribution in [2.75, 3.05) is 0 Å². The predicted octanol–water partition coefficient (Wildman–Crippen LogP) is 1.20. The van der Waals surface area contributed by atoms with Crippen LogP contribution < -0.4 is 0 Å². The molecule has 1 aliphatic carbocycles. The monoisotopic (exact) mass is 124 g/mol. The number of rotatable bonds is 1. The molecule has 0 atom stereocenters. The molecule has 0 amide bonds. The third-order valence-electron chi connectivity index (χ3n) is 1.46. The molecule has 48 valence electrons. The number of carboxylic acid groups (broad SMARTS) is 1. The second-order valence-corrected chi connectivity index (χ2v) is 2.31. The average molecular weight is 124 g/mol. The second-order valence-electron chi connectivity index (χ2n) is 2.31. The first-order chi connectivity index (χ1) is 4.15. The zero-order valence-electron chi connectivity index (χ0n) is 5.16. The summed E-state index contributed by atoms with van der Waals surface area (Å²) in [6.07, 6.45) is 6.81. The van der Waals surface area contributed by atoms with Crippen molar-refractivity contribution in [2.24, 2.45) is 5.41 Å². The summed E-state index contributed by atoms with van der Waals surface area (Å²) < 4.78 is 0. The van der Waals surface area contributed by atoms with Crippen molar-refractivity contribution in [1.29, 1.82) is 0 Å². The molecule has 0 aromatic carbocycles. The maximum absolute atomic E-state index is 10.4. The SMILES string of the molecule is CC1(C(=O)O)C=CC=C1. The standard InChI is InChI=1S/C7H8O2/c1-7(6(8)9)4-2-3-5-7/h2-5H,1H3,(H,8,9). The molecule has 2 heteroatoms. The van der Waals surface area contributed by atoms with E-state index in [4.69, 9.17) is 5.11 Å². The molecule has 0 aromatic rings. The van der Waals surface area contributed by atoms with Crippen LogP contribution in [0.15, 0.2) is 24.3 Å². The molecule has 0 radical (unpaired) electrons. The Labute approximate surface area is 53.5 Å². The van der Waals surface area contributed by atoms with Crippen LogP contribution in [0.4, 0.5) is 0 Å². The summed E-state index contributed by atoms with van der Waals surface area (Å²) in [7, 11) is 0. The van der Waals surface area contributed by atoms with Crippen LogP contribution in [-0.2, 0) is 4.79 Å². The molecule has 1 N–H and O–H groups in total. The van der Waals surface area contributed by atoms with Crippen molar-refractivity contribution < 1.29 is 9.90 Å². The van der Waals surface area contributed by atoms with E-state index in [2.05, 4.69) is 0 Å². The highest BCUT2D eigenvalue weighted by molar-refractivity contribution is 5.80. The Bertz CT molecular complexity index is 177. The third-order valence-corrected chi connectivity index (χ3v) is 1.46. The molecular weight excluding hydrogens is 116 g/mol. The summed E-state index contributed by atoms with van der Waals surface area (Å²) >= 11 is 0. The molecule has 0 fully saturated rings. The maximum atomic E-state index is 10.4. The summed E-state index contributed by atoms with van der Waals surface area (Å²) in [4.78, 5) is 10.4. The van der Waals surface area contributed by atoms with Gasteiger partial charge in [0.05, 0.1) is 0 Å². The van der Waals surface area contributed by atoms with Crippen LogP contribution in [0.1, 0.15) is 6.92 Å². The summed E-state index contributed by atoms with van der Waals surface area (Å²) in [5.41, 5.74) is -0.750. The van der Waals surface area contributed by atoms with Crippen LogP contribution in [0, 0.1) is 5.41 Å². The number of hydrogen-bond acceptors (Lipinski definition) is 1. The van der Waals surface area contributed by atoms with Gasteiger partial charge in [-0.2, -0.15) is 0 Å². The van der Waals surface area contributed by atoms with E-state index < -0.39 is 11.4 Å². The second kappa shape index (κ2) is 1.72. The van der Waals surface area contributed by atoms with Crippen molar-refractivity contribution in [3.05, 3.63) is 24.3 Å². The number of hydrogen-bond donors (Lipinski definition) is 1. The van der Waals surface area contributed by atoms with Gasteiger partial charge in [-0.15, -0.1) is 0 Å². The van der Waals surface area contributed by atoms with Gasteiger partial charge in [-0.05, 0) is 6.92 Å². The minimum Gasteiger partial charge on any atom is -0.480 e. The molecule has 9 heavy (non-hydrogen) atoms. The molecule has 0 saturated carbocycles. The van der Waals surface area contributed by atoms with E-state index in [-0.39, 0.29) is 0 Å². The Kier molecular flexibility index (Phi) is 1.16. The fourth-order valence-electron chi connectivity index (χ4n) is 0.709. The van der Waals surface area contributed by atoms with Crippen LogP contribution >= 0.6 is 0 Å². The highest BCUT2D eigenvalue weighted by Gasteiger charge is 2.28.